The summed E-state index contributed by atoms with van der Waals surface area (Å²) in [5.74, 6) is 0.820. The highest BCUT2D eigenvalue weighted by Gasteiger charge is 2.18. The van der Waals surface area contributed by atoms with Gasteiger partial charge >= 0.3 is 0 Å². The Kier molecular flexibility index (Phi) is 4.12. The summed E-state index contributed by atoms with van der Waals surface area (Å²) in [5.41, 5.74) is 1.08. The second-order valence-corrected chi connectivity index (χ2v) is 4.92. The maximum absolute atomic E-state index is 9.49. The van der Waals surface area contributed by atoms with E-state index in [0.717, 1.165) is 42.4 Å². The lowest BCUT2D eigenvalue weighted by Gasteiger charge is -2.31. The van der Waals surface area contributed by atoms with Crippen LogP contribution >= 0.6 is 11.8 Å². The van der Waals surface area contributed by atoms with Crippen molar-refractivity contribution in [3.63, 3.8) is 0 Å². The largest absolute Gasteiger partial charge is 0.494 e. The van der Waals surface area contributed by atoms with Crippen molar-refractivity contribution in [1.29, 1.82) is 0 Å². The molecule has 94 valence electrons. The molecule has 0 amide bonds. The lowest BCUT2D eigenvalue weighted by atomic mass is 10.1. The minimum atomic E-state index is -0.147. The third kappa shape index (κ3) is 2.84. The third-order valence-electron chi connectivity index (χ3n) is 3.05. The molecule has 0 unspecified atom stereocenters. The highest BCUT2D eigenvalue weighted by molar-refractivity contribution is 7.98. The number of aromatic nitrogens is 1. The van der Waals surface area contributed by atoms with Gasteiger partial charge in [0.05, 0.1) is 25.1 Å². The molecule has 5 heteroatoms. The Morgan fingerprint density at radius 3 is 2.76 bits per heavy atom. The normalized spacial score (nSPS) is 17.2. The van der Waals surface area contributed by atoms with E-state index in [1.165, 1.54) is 0 Å². The van der Waals surface area contributed by atoms with Crippen LogP contribution in [0.3, 0.4) is 0 Å². The van der Waals surface area contributed by atoms with E-state index in [1.807, 2.05) is 18.5 Å². The summed E-state index contributed by atoms with van der Waals surface area (Å²) in [4.78, 5) is 6.64. The van der Waals surface area contributed by atoms with E-state index in [0.29, 0.717) is 0 Å². The van der Waals surface area contributed by atoms with Gasteiger partial charge in [-0.05, 0) is 19.1 Å². The van der Waals surface area contributed by atoms with Gasteiger partial charge in [0.2, 0.25) is 0 Å². The quantitative estimate of drug-likeness (QED) is 0.833. The summed E-state index contributed by atoms with van der Waals surface area (Å²) >= 11 is 1.58. The Morgan fingerprint density at radius 1 is 1.47 bits per heavy atom. The highest BCUT2D eigenvalue weighted by atomic mass is 32.2. The maximum Gasteiger partial charge on any atom is 0.153 e. The summed E-state index contributed by atoms with van der Waals surface area (Å²) in [6.45, 7) is 1.76. The smallest absolute Gasteiger partial charge is 0.153 e. The molecule has 0 bridgehead atoms. The first-order valence-electron chi connectivity index (χ1n) is 5.75. The number of methoxy groups -OCH3 is 1. The van der Waals surface area contributed by atoms with Crippen LogP contribution in [0.1, 0.15) is 12.8 Å². The van der Waals surface area contributed by atoms with E-state index in [4.69, 9.17) is 4.74 Å². The summed E-state index contributed by atoms with van der Waals surface area (Å²) in [6, 6.07) is 2.02. The minimum absolute atomic E-state index is 0.147. The van der Waals surface area contributed by atoms with Crippen LogP contribution < -0.4 is 9.64 Å². The molecule has 0 spiro atoms. The van der Waals surface area contributed by atoms with E-state index in [9.17, 15) is 5.11 Å². The molecule has 4 nitrogen and oxygen atoms in total. The number of aliphatic hydroxyl groups is 1. The second-order valence-electron chi connectivity index (χ2n) is 4.12. The van der Waals surface area contributed by atoms with Gasteiger partial charge in [0.25, 0.3) is 0 Å². The molecule has 1 N–H and O–H groups in total. The van der Waals surface area contributed by atoms with Crippen molar-refractivity contribution in [1.82, 2.24) is 4.98 Å². The first-order valence-corrected chi connectivity index (χ1v) is 6.98. The fourth-order valence-corrected chi connectivity index (χ4v) is 2.52. The van der Waals surface area contributed by atoms with Crippen LogP contribution in [0.2, 0.25) is 0 Å². The zero-order valence-electron chi connectivity index (χ0n) is 10.2. The molecule has 2 rings (SSSR count). The number of hydrogen-bond donors (Lipinski definition) is 1. The van der Waals surface area contributed by atoms with Gasteiger partial charge in [-0.3, -0.25) is 0 Å². The molecule has 1 saturated heterocycles. The fourth-order valence-electron chi connectivity index (χ4n) is 2.02. The number of aliphatic hydroxyl groups excluding tert-OH is 1. The fraction of sp³-hybridized carbons (Fsp3) is 0.583. The molecule has 2 heterocycles. The average Bonchev–Trinajstić information content (AvgIpc) is 2.39. The van der Waals surface area contributed by atoms with Crippen molar-refractivity contribution in [3.05, 3.63) is 12.3 Å². The summed E-state index contributed by atoms with van der Waals surface area (Å²) in [7, 11) is 1.67. The zero-order valence-corrected chi connectivity index (χ0v) is 11.0. The molecule has 1 aromatic heterocycles. The van der Waals surface area contributed by atoms with Crippen molar-refractivity contribution < 1.29 is 9.84 Å². The van der Waals surface area contributed by atoms with E-state index in [2.05, 4.69) is 9.88 Å². The summed E-state index contributed by atoms with van der Waals surface area (Å²) in [6.07, 6.45) is 5.37. The molecule has 17 heavy (non-hydrogen) atoms. The van der Waals surface area contributed by atoms with Crippen molar-refractivity contribution in [2.24, 2.45) is 0 Å². The van der Waals surface area contributed by atoms with E-state index >= 15 is 0 Å². The Morgan fingerprint density at radius 2 is 2.18 bits per heavy atom. The first kappa shape index (κ1) is 12.5. The molecule has 0 atom stereocenters. The predicted molar refractivity (Wildman–Crippen MR) is 70.0 cm³/mol. The van der Waals surface area contributed by atoms with Crippen molar-refractivity contribution in [2.75, 3.05) is 31.4 Å². The molecular weight excluding hydrogens is 236 g/mol. The number of piperidine rings is 1. The maximum atomic E-state index is 9.49. The van der Waals surface area contributed by atoms with Crippen molar-refractivity contribution >= 4 is 17.4 Å². The van der Waals surface area contributed by atoms with Gasteiger partial charge < -0.3 is 14.7 Å². The zero-order chi connectivity index (χ0) is 12.3. The van der Waals surface area contributed by atoms with Crippen LogP contribution in [-0.4, -0.2) is 42.6 Å². The number of thioether (sulfide) groups is 1. The van der Waals surface area contributed by atoms with Crippen LogP contribution in [0.5, 0.6) is 5.75 Å². The van der Waals surface area contributed by atoms with Crippen LogP contribution in [-0.2, 0) is 0 Å². The van der Waals surface area contributed by atoms with Gasteiger partial charge in [0, 0.05) is 19.2 Å². The van der Waals surface area contributed by atoms with Crippen molar-refractivity contribution in [3.8, 4) is 5.75 Å². The molecule has 0 saturated carbocycles. The number of nitrogens with zero attached hydrogens (tertiary/aromatic N) is 2. The molecule has 1 aliphatic rings. The predicted octanol–water partition coefficient (Wildman–Crippen LogP) is 1.77. The number of anilines is 1. The van der Waals surface area contributed by atoms with Crippen LogP contribution in [0, 0.1) is 0 Å². The number of pyridine rings is 1. The average molecular weight is 254 g/mol. The van der Waals surface area contributed by atoms with E-state index < -0.39 is 0 Å². The molecule has 1 aliphatic heterocycles. The topological polar surface area (TPSA) is 45.6 Å². The van der Waals surface area contributed by atoms with Gasteiger partial charge in [-0.1, -0.05) is 0 Å². The van der Waals surface area contributed by atoms with Crippen LogP contribution in [0.15, 0.2) is 17.3 Å². The van der Waals surface area contributed by atoms with Gasteiger partial charge in [0.15, 0.2) is 5.75 Å². The monoisotopic (exact) mass is 254 g/mol. The molecule has 0 radical (unpaired) electrons. The molecule has 0 aliphatic carbocycles. The Balaban J connectivity index is 2.16. The Bertz CT molecular complexity index is 379. The van der Waals surface area contributed by atoms with Crippen molar-refractivity contribution in [2.45, 2.75) is 24.0 Å². The van der Waals surface area contributed by atoms with Crippen LogP contribution in [0.25, 0.3) is 0 Å². The second kappa shape index (κ2) is 5.60. The third-order valence-corrected chi connectivity index (χ3v) is 3.74. The summed E-state index contributed by atoms with van der Waals surface area (Å²) in [5, 5.41) is 10.4. The number of rotatable bonds is 3. The number of ether oxygens (including phenoxy) is 1. The van der Waals surface area contributed by atoms with Gasteiger partial charge in [0.1, 0.15) is 5.03 Å². The van der Waals surface area contributed by atoms with E-state index in [-0.39, 0.29) is 6.10 Å². The van der Waals surface area contributed by atoms with Gasteiger partial charge in [-0.15, -0.1) is 11.8 Å². The lowest BCUT2D eigenvalue weighted by Crippen LogP contribution is -2.35. The van der Waals surface area contributed by atoms with Gasteiger partial charge in [-0.2, -0.15) is 0 Å². The molecule has 1 fully saturated rings. The SMILES string of the molecule is COc1cc(N2CCC(O)CC2)cnc1SC. The Labute approximate surface area is 106 Å². The van der Waals surface area contributed by atoms with Gasteiger partial charge in [-0.25, -0.2) is 4.98 Å². The standard InChI is InChI=1S/C12H18N2O2S/c1-16-11-7-9(8-13-12(11)17-2)14-5-3-10(15)4-6-14/h7-8,10,15H,3-6H2,1-2H3. The number of hydrogen-bond acceptors (Lipinski definition) is 5. The minimum Gasteiger partial charge on any atom is -0.494 e. The summed E-state index contributed by atoms with van der Waals surface area (Å²) < 4.78 is 5.33. The van der Waals surface area contributed by atoms with E-state index in [1.54, 1.807) is 18.9 Å². The molecule has 1 aromatic rings. The highest BCUT2D eigenvalue weighted by Crippen LogP contribution is 2.30. The lowest BCUT2D eigenvalue weighted by molar-refractivity contribution is 0.145. The first-order chi connectivity index (χ1) is 8.24. The van der Waals surface area contributed by atoms with Crippen LogP contribution in [0.4, 0.5) is 5.69 Å². The molecule has 0 aromatic carbocycles. The molecular formula is C12H18N2O2S. The Hall–Kier alpha value is -0.940.